The van der Waals surface area contributed by atoms with Gasteiger partial charge >= 0.3 is 5.97 Å². The fourth-order valence-electron chi connectivity index (χ4n) is 3.94. The highest BCUT2D eigenvalue weighted by Crippen LogP contribution is 2.31. The highest BCUT2D eigenvalue weighted by Gasteiger charge is 2.24. The Labute approximate surface area is 209 Å². The van der Waals surface area contributed by atoms with Gasteiger partial charge in [0.1, 0.15) is 28.1 Å². The van der Waals surface area contributed by atoms with Gasteiger partial charge in [-0.1, -0.05) is 48.5 Å². The minimum atomic E-state index is -1.06. The van der Waals surface area contributed by atoms with E-state index in [1.165, 1.54) is 24.3 Å². The predicted octanol–water partition coefficient (Wildman–Crippen LogP) is 6.75. The third-order valence-electron chi connectivity index (χ3n) is 5.72. The number of halogens is 5. The van der Waals surface area contributed by atoms with Crippen molar-refractivity contribution in [3.8, 4) is 16.9 Å². The van der Waals surface area contributed by atoms with Crippen molar-refractivity contribution in [1.29, 1.82) is 0 Å². The van der Waals surface area contributed by atoms with Crippen LogP contribution in [-0.4, -0.2) is 22.9 Å². The molecule has 10 heteroatoms. The standard InChI is InChI=1S/C25H19Cl2F3N2O3/c26-22-18(12-20(30)23(27)32-22)25(34)35-21-9-6-13(16-8-7-14(28)11-19(16)29)10-17(21)24(33)31-15-4-2-1-3-5-15/h6-12,15H,1-5H2,(H,31,33). The van der Waals surface area contributed by atoms with Crippen molar-refractivity contribution in [2.75, 3.05) is 0 Å². The highest BCUT2D eigenvalue weighted by atomic mass is 35.5. The summed E-state index contributed by atoms with van der Waals surface area (Å²) < 4.78 is 47.0. The lowest BCUT2D eigenvalue weighted by molar-refractivity contribution is 0.0731. The number of carbonyl (C=O) groups is 2. The molecular formula is C25H19Cl2F3N2O3. The Morgan fingerprint density at radius 1 is 0.886 bits per heavy atom. The molecule has 0 atom stereocenters. The maximum Gasteiger partial charge on any atom is 0.346 e. The van der Waals surface area contributed by atoms with E-state index in [0.29, 0.717) is 0 Å². The molecule has 1 fully saturated rings. The average Bonchev–Trinajstić information content (AvgIpc) is 2.82. The fourth-order valence-corrected chi connectivity index (χ4v) is 4.34. The number of pyridine rings is 1. The molecule has 0 unspecified atom stereocenters. The summed E-state index contributed by atoms with van der Waals surface area (Å²) in [4.78, 5) is 29.4. The highest BCUT2D eigenvalue weighted by molar-refractivity contribution is 6.34. The lowest BCUT2D eigenvalue weighted by Gasteiger charge is -2.23. The number of nitrogens with one attached hydrogen (secondary N) is 1. The van der Waals surface area contributed by atoms with Gasteiger partial charge in [0.2, 0.25) is 0 Å². The molecule has 1 aliphatic rings. The zero-order valence-electron chi connectivity index (χ0n) is 18.2. The second kappa shape index (κ2) is 10.7. The number of amides is 1. The van der Waals surface area contributed by atoms with E-state index in [4.69, 9.17) is 27.9 Å². The number of hydrogen-bond donors (Lipinski definition) is 1. The van der Waals surface area contributed by atoms with Crippen molar-refractivity contribution >= 4 is 35.1 Å². The monoisotopic (exact) mass is 522 g/mol. The Morgan fingerprint density at radius 2 is 1.63 bits per heavy atom. The number of benzene rings is 2. The number of rotatable bonds is 5. The fraction of sp³-hybridized carbons (Fsp3) is 0.240. The molecule has 1 heterocycles. The van der Waals surface area contributed by atoms with Gasteiger partial charge in [0.05, 0.1) is 5.56 Å². The molecule has 1 amide bonds. The molecule has 0 aliphatic heterocycles. The lowest BCUT2D eigenvalue weighted by atomic mass is 9.95. The van der Waals surface area contributed by atoms with Crippen LogP contribution in [-0.2, 0) is 0 Å². The average molecular weight is 523 g/mol. The number of esters is 1. The van der Waals surface area contributed by atoms with Crippen LogP contribution < -0.4 is 10.1 Å². The molecule has 0 saturated heterocycles. The zero-order valence-corrected chi connectivity index (χ0v) is 19.7. The third kappa shape index (κ3) is 5.77. The van der Waals surface area contributed by atoms with Crippen molar-refractivity contribution < 1.29 is 27.5 Å². The second-order valence-corrected chi connectivity index (χ2v) is 8.85. The molecule has 0 bridgehead atoms. The summed E-state index contributed by atoms with van der Waals surface area (Å²) in [6, 6.07) is 7.86. The Kier molecular flexibility index (Phi) is 7.62. The van der Waals surface area contributed by atoms with Crippen molar-refractivity contribution in [3.05, 3.63) is 81.3 Å². The van der Waals surface area contributed by atoms with Crippen molar-refractivity contribution in [2.24, 2.45) is 0 Å². The third-order valence-corrected chi connectivity index (χ3v) is 6.27. The molecule has 2 aromatic carbocycles. The number of aromatic nitrogens is 1. The number of carbonyl (C=O) groups excluding carboxylic acids is 2. The van der Waals surface area contributed by atoms with E-state index in [1.54, 1.807) is 0 Å². The normalized spacial score (nSPS) is 14.0. The van der Waals surface area contributed by atoms with Gasteiger partial charge < -0.3 is 10.1 Å². The molecule has 35 heavy (non-hydrogen) atoms. The van der Waals surface area contributed by atoms with E-state index in [0.717, 1.165) is 50.3 Å². The van der Waals surface area contributed by atoms with Gasteiger partial charge in [0, 0.05) is 17.7 Å². The smallest absolute Gasteiger partial charge is 0.346 e. The quantitative estimate of drug-likeness (QED) is 0.228. The molecule has 0 radical (unpaired) electrons. The van der Waals surface area contributed by atoms with Crippen LogP contribution in [0.5, 0.6) is 5.75 Å². The number of hydrogen-bond acceptors (Lipinski definition) is 4. The zero-order chi connectivity index (χ0) is 25.1. The number of ether oxygens (including phenoxy) is 1. The Bertz CT molecular complexity index is 1300. The summed E-state index contributed by atoms with van der Waals surface area (Å²) >= 11 is 11.5. The molecule has 4 rings (SSSR count). The maximum absolute atomic E-state index is 14.4. The minimum Gasteiger partial charge on any atom is -0.422 e. The van der Waals surface area contributed by atoms with Crippen molar-refractivity contribution in [2.45, 2.75) is 38.1 Å². The molecular weight excluding hydrogens is 504 g/mol. The molecule has 1 saturated carbocycles. The maximum atomic E-state index is 14.4. The van der Waals surface area contributed by atoms with Crippen LogP contribution in [0.25, 0.3) is 11.1 Å². The summed E-state index contributed by atoms with van der Waals surface area (Å²) in [6.07, 6.45) is 4.64. The second-order valence-electron chi connectivity index (χ2n) is 8.13. The molecule has 182 valence electrons. The van der Waals surface area contributed by atoms with Gasteiger partial charge in [0.15, 0.2) is 11.0 Å². The van der Waals surface area contributed by atoms with Crippen LogP contribution in [0.4, 0.5) is 13.2 Å². The van der Waals surface area contributed by atoms with E-state index in [1.807, 2.05) is 0 Å². The van der Waals surface area contributed by atoms with Gasteiger partial charge in [-0.05, 0) is 48.7 Å². The van der Waals surface area contributed by atoms with E-state index in [2.05, 4.69) is 10.3 Å². The van der Waals surface area contributed by atoms with E-state index in [-0.39, 0.29) is 39.2 Å². The van der Waals surface area contributed by atoms with Gasteiger partial charge in [-0.15, -0.1) is 0 Å². The Balaban J connectivity index is 1.70. The molecule has 0 spiro atoms. The Hall–Kier alpha value is -3.10. The molecule has 3 aromatic rings. The van der Waals surface area contributed by atoms with Crippen molar-refractivity contribution in [3.63, 3.8) is 0 Å². The molecule has 1 aromatic heterocycles. The summed E-state index contributed by atoms with van der Waals surface area (Å²) in [5.74, 6) is -4.28. The first-order chi connectivity index (χ1) is 16.7. The minimum absolute atomic E-state index is 0.0522. The van der Waals surface area contributed by atoms with Crippen LogP contribution in [0, 0.1) is 17.5 Å². The summed E-state index contributed by atoms with van der Waals surface area (Å²) in [5, 5.41) is 2.03. The predicted molar refractivity (Wildman–Crippen MR) is 125 cm³/mol. The SMILES string of the molecule is O=C(NC1CCCCC1)c1cc(-c2ccc(F)cc2F)ccc1OC(=O)c1cc(F)c(Cl)nc1Cl. The van der Waals surface area contributed by atoms with Crippen LogP contribution in [0.15, 0.2) is 42.5 Å². The number of nitrogens with zero attached hydrogens (tertiary/aromatic N) is 1. The van der Waals surface area contributed by atoms with Gasteiger partial charge in [0.25, 0.3) is 5.91 Å². The molecule has 1 aliphatic carbocycles. The van der Waals surface area contributed by atoms with Gasteiger partial charge in [-0.3, -0.25) is 4.79 Å². The molecule has 1 N–H and O–H groups in total. The van der Waals surface area contributed by atoms with E-state index < -0.39 is 34.5 Å². The van der Waals surface area contributed by atoms with Gasteiger partial charge in [-0.2, -0.15) is 0 Å². The van der Waals surface area contributed by atoms with Crippen LogP contribution >= 0.6 is 23.2 Å². The summed E-state index contributed by atoms with van der Waals surface area (Å²) in [5.41, 5.74) is -0.110. The van der Waals surface area contributed by atoms with E-state index >= 15 is 0 Å². The lowest BCUT2D eigenvalue weighted by Crippen LogP contribution is -2.36. The topological polar surface area (TPSA) is 68.3 Å². The first-order valence-corrected chi connectivity index (χ1v) is 11.6. The summed E-state index contributed by atoms with van der Waals surface area (Å²) in [7, 11) is 0. The van der Waals surface area contributed by atoms with Crippen LogP contribution in [0.3, 0.4) is 0 Å². The first-order valence-electron chi connectivity index (χ1n) is 10.9. The van der Waals surface area contributed by atoms with Crippen LogP contribution in [0.1, 0.15) is 52.8 Å². The van der Waals surface area contributed by atoms with Gasteiger partial charge in [-0.25, -0.2) is 22.9 Å². The van der Waals surface area contributed by atoms with Crippen LogP contribution in [0.2, 0.25) is 10.3 Å². The molecule has 5 nitrogen and oxygen atoms in total. The van der Waals surface area contributed by atoms with E-state index in [9.17, 15) is 22.8 Å². The largest absolute Gasteiger partial charge is 0.422 e. The summed E-state index contributed by atoms with van der Waals surface area (Å²) in [6.45, 7) is 0. The first kappa shape index (κ1) is 25.0. The Morgan fingerprint density at radius 3 is 2.34 bits per heavy atom. The van der Waals surface area contributed by atoms with Crippen molar-refractivity contribution in [1.82, 2.24) is 10.3 Å².